The molecular weight excluding hydrogens is 192 g/mol. The highest BCUT2D eigenvalue weighted by molar-refractivity contribution is 7.99. The van der Waals surface area contributed by atoms with Crippen LogP contribution < -0.4 is 5.73 Å². The van der Waals surface area contributed by atoms with Crippen LogP contribution >= 0.6 is 11.8 Å². The Balaban J connectivity index is 1.93. The smallest absolute Gasteiger partial charge is 0.0114 e. The lowest BCUT2D eigenvalue weighted by molar-refractivity contribution is 0.154. The predicted molar refractivity (Wildman–Crippen MR) is 63.7 cm³/mol. The Morgan fingerprint density at radius 1 is 1.21 bits per heavy atom. The molecule has 1 aliphatic heterocycles. The van der Waals surface area contributed by atoms with Crippen molar-refractivity contribution in [3.8, 4) is 0 Å². The molecule has 3 unspecified atom stereocenters. The molecular formula is C11H22N2S. The molecule has 14 heavy (non-hydrogen) atoms. The minimum Gasteiger partial charge on any atom is -0.328 e. The maximum atomic E-state index is 5.98. The van der Waals surface area contributed by atoms with E-state index in [0.29, 0.717) is 6.04 Å². The Hall–Kier alpha value is 0.270. The Labute approximate surface area is 91.6 Å². The maximum absolute atomic E-state index is 5.98. The van der Waals surface area contributed by atoms with Gasteiger partial charge in [0.15, 0.2) is 0 Å². The lowest BCUT2D eigenvalue weighted by atomic mass is 10.1. The van der Waals surface area contributed by atoms with Gasteiger partial charge in [-0.3, -0.25) is 4.90 Å². The molecule has 3 heteroatoms. The van der Waals surface area contributed by atoms with Crippen LogP contribution in [0.5, 0.6) is 0 Å². The van der Waals surface area contributed by atoms with E-state index in [2.05, 4.69) is 23.6 Å². The van der Waals surface area contributed by atoms with Gasteiger partial charge >= 0.3 is 0 Å². The summed E-state index contributed by atoms with van der Waals surface area (Å²) in [7, 11) is 0. The van der Waals surface area contributed by atoms with Crippen LogP contribution in [-0.4, -0.2) is 41.1 Å². The monoisotopic (exact) mass is 214 g/mol. The molecule has 0 bridgehead atoms. The van der Waals surface area contributed by atoms with Crippen molar-refractivity contribution < 1.29 is 0 Å². The third-order valence-electron chi connectivity index (χ3n) is 3.65. The van der Waals surface area contributed by atoms with Gasteiger partial charge in [0.05, 0.1) is 0 Å². The first-order valence-electron chi connectivity index (χ1n) is 5.86. The lowest BCUT2D eigenvalue weighted by Crippen LogP contribution is -2.41. The zero-order valence-corrected chi connectivity index (χ0v) is 9.93. The van der Waals surface area contributed by atoms with E-state index in [-0.39, 0.29) is 0 Å². The lowest BCUT2D eigenvalue weighted by Gasteiger charge is -2.32. The van der Waals surface area contributed by atoms with Crippen LogP contribution in [0.3, 0.4) is 0 Å². The van der Waals surface area contributed by atoms with Gasteiger partial charge in [0.1, 0.15) is 0 Å². The van der Waals surface area contributed by atoms with Gasteiger partial charge in [0, 0.05) is 30.4 Å². The van der Waals surface area contributed by atoms with E-state index in [9.17, 15) is 0 Å². The summed E-state index contributed by atoms with van der Waals surface area (Å²) >= 11 is 2.11. The van der Waals surface area contributed by atoms with Crippen molar-refractivity contribution in [1.82, 2.24) is 4.90 Å². The number of nitrogens with two attached hydrogens (primary N) is 1. The molecule has 2 nitrogen and oxygen atoms in total. The molecule has 0 aromatic rings. The van der Waals surface area contributed by atoms with Crippen molar-refractivity contribution in [2.45, 2.75) is 50.7 Å². The molecule has 0 aromatic heterocycles. The highest BCUT2D eigenvalue weighted by Crippen LogP contribution is 2.27. The van der Waals surface area contributed by atoms with Crippen molar-refractivity contribution in [2.75, 3.05) is 18.1 Å². The van der Waals surface area contributed by atoms with E-state index in [1.807, 2.05) is 0 Å². The Bertz CT molecular complexity index is 186. The highest BCUT2D eigenvalue weighted by atomic mass is 32.2. The summed E-state index contributed by atoms with van der Waals surface area (Å²) in [5.41, 5.74) is 5.98. The topological polar surface area (TPSA) is 29.3 Å². The summed E-state index contributed by atoms with van der Waals surface area (Å²) in [6.07, 6.45) is 5.16. The molecule has 1 heterocycles. The van der Waals surface area contributed by atoms with Crippen LogP contribution in [0, 0.1) is 0 Å². The van der Waals surface area contributed by atoms with Gasteiger partial charge in [-0.25, -0.2) is 0 Å². The largest absolute Gasteiger partial charge is 0.328 e. The number of hydrogen-bond acceptors (Lipinski definition) is 3. The van der Waals surface area contributed by atoms with Gasteiger partial charge in [-0.05, 0) is 38.4 Å². The summed E-state index contributed by atoms with van der Waals surface area (Å²) in [5.74, 6) is 2.66. The minimum atomic E-state index is 0.475. The minimum absolute atomic E-state index is 0.475. The fourth-order valence-corrected chi connectivity index (χ4v) is 3.80. The third kappa shape index (κ3) is 2.44. The second-order valence-electron chi connectivity index (χ2n) is 4.71. The van der Waals surface area contributed by atoms with E-state index in [1.54, 1.807) is 0 Å². The molecule has 3 atom stereocenters. The summed E-state index contributed by atoms with van der Waals surface area (Å²) in [5, 5.41) is 0. The van der Waals surface area contributed by atoms with Crippen LogP contribution in [0.25, 0.3) is 0 Å². The van der Waals surface area contributed by atoms with Crippen LogP contribution in [0.15, 0.2) is 0 Å². The number of rotatable bonds is 1. The average molecular weight is 214 g/mol. The first kappa shape index (κ1) is 10.8. The maximum Gasteiger partial charge on any atom is 0.0114 e. The first-order chi connectivity index (χ1) is 6.77. The molecule has 0 amide bonds. The van der Waals surface area contributed by atoms with Crippen molar-refractivity contribution in [3.63, 3.8) is 0 Å². The van der Waals surface area contributed by atoms with E-state index in [4.69, 9.17) is 5.73 Å². The Morgan fingerprint density at radius 3 is 2.79 bits per heavy atom. The average Bonchev–Trinajstić information content (AvgIpc) is 2.46. The summed E-state index contributed by atoms with van der Waals surface area (Å²) in [4.78, 5) is 2.72. The quantitative estimate of drug-likeness (QED) is 0.720. The first-order valence-corrected chi connectivity index (χ1v) is 7.02. The molecule has 0 radical (unpaired) electrons. The molecule has 82 valence electrons. The van der Waals surface area contributed by atoms with E-state index in [0.717, 1.165) is 12.1 Å². The molecule has 2 aliphatic rings. The van der Waals surface area contributed by atoms with Gasteiger partial charge in [-0.1, -0.05) is 0 Å². The number of nitrogens with zero attached hydrogens (tertiary/aromatic N) is 1. The van der Waals surface area contributed by atoms with E-state index >= 15 is 0 Å². The van der Waals surface area contributed by atoms with Crippen molar-refractivity contribution in [2.24, 2.45) is 5.73 Å². The second kappa shape index (κ2) is 4.86. The SMILES string of the molecule is CC1CCSCCN1C1CCC(N)C1. The Kier molecular flexibility index (Phi) is 3.74. The fraction of sp³-hybridized carbons (Fsp3) is 1.00. The van der Waals surface area contributed by atoms with Gasteiger partial charge in [0.25, 0.3) is 0 Å². The molecule has 2 fully saturated rings. The van der Waals surface area contributed by atoms with Crippen LogP contribution in [-0.2, 0) is 0 Å². The normalized spacial score (nSPS) is 41.1. The molecule has 2 N–H and O–H groups in total. The summed E-state index contributed by atoms with van der Waals surface area (Å²) in [6.45, 7) is 3.67. The van der Waals surface area contributed by atoms with E-state index < -0.39 is 0 Å². The van der Waals surface area contributed by atoms with Gasteiger partial charge in [0.2, 0.25) is 0 Å². The molecule has 1 saturated heterocycles. The highest BCUT2D eigenvalue weighted by Gasteiger charge is 2.30. The predicted octanol–water partition coefficient (Wildman–Crippen LogP) is 1.69. The second-order valence-corrected chi connectivity index (χ2v) is 5.94. The third-order valence-corrected chi connectivity index (χ3v) is 4.65. The summed E-state index contributed by atoms with van der Waals surface area (Å²) < 4.78 is 0. The number of thioether (sulfide) groups is 1. The molecule has 2 rings (SSSR count). The molecule has 0 spiro atoms. The summed E-state index contributed by atoms with van der Waals surface area (Å²) in [6, 6.07) is 2.04. The number of hydrogen-bond donors (Lipinski definition) is 1. The van der Waals surface area contributed by atoms with Crippen molar-refractivity contribution >= 4 is 11.8 Å². The van der Waals surface area contributed by atoms with Gasteiger partial charge in [-0.2, -0.15) is 11.8 Å². The van der Waals surface area contributed by atoms with Crippen LogP contribution in [0.4, 0.5) is 0 Å². The molecule has 1 saturated carbocycles. The zero-order valence-electron chi connectivity index (χ0n) is 9.11. The molecule has 0 aromatic carbocycles. The van der Waals surface area contributed by atoms with Crippen molar-refractivity contribution in [1.29, 1.82) is 0 Å². The van der Waals surface area contributed by atoms with Gasteiger partial charge in [-0.15, -0.1) is 0 Å². The molecule has 1 aliphatic carbocycles. The van der Waals surface area contributed by atoms with Crippen LogP contribution in [0.1, 0.15) is 32.6 Å². The van der Waals surface area contributed by atoms with Crippen molar-refractivity contribution in [3.05, 3.63) is 0 Å². The standard InChI is InChI=1S/C11H22N2S/c1-9-4-6-14-7-5-13(9)11-3-2-10(12)8-11/h9-11H,2-8,12H2,1H3. The van der Waals surface area contributed by atoms with Crippen LogP contribution in [0.2, 0.25) is 0 Å². The Morgan fingerprint density at radius 2 is 2.07 bits per heavy atom. The van der Waals surface area contributed by atoms with Gasteiger partial charge < -0.3 is 5.73 Å². The zero-order chi connectivity index (χ0) is 9.97. The van der Waals surface area contributed by atoms with E-state index in [1.165, 1.54) is 43.7 Å². The fourth-order valence-electron chi connectivity index (χ4n) is 2.75.